The van der Waals surface area contributed by atoms with Gasteiger partial charge in [0, 0.05) is 18.5 Å². The number of hydrogen-bond donors (Lipinski definition) is 1. The van der Waals surface area contributed by atoms with Crippen LogP contribution in [-0.2, 0) is 9.59 Å². The summed E-state index contributed by atoms with van der Waals surface area (Å²) in [4.78, 5) is 35.0. The average molecular weight is 233 g/mol. The molecular weight excluding hydrogens is 222 g/mol. The number of aryl methyl sites for hydroxylation is 1. The van der Waals surface area contributed by atoms with Crippen molar-refractivity contribution in [2.24, 2.45) is 0 Å². The van der Waals surface area contributed by atoms with E-state index in [4.69, 9.17) is 5.11 Å². The van der Waals surface area contributed by atoms with E-state index in [1.54, 1.807) is 18.2 Å². The number of aliphatic carboxylic acids is 1. The van der Waals surface area contributed by atoms with Gasteiger partial charge in [-0.05, 0) is 19.1 Å². The lowest BCUT2D eigenvalue weighted by Crippen LogP contribution is -2.41. The first-order chi connectivity index (χ1) is 8.00. The van der Waals surface area contributed by atoms with E-state index in [1.807, 2.05) is 6.92 Å². The maximum Gasteiger partial charge on any atom is 0.394 e. The van der Waals surface area contributed by atoms with Crippen LogP contribution >= 0.6 is 0 Å². The molecule has 1 aliphatic rings. The van der Waals surface area contributed by atoms with Crippen molar-refractivity contribution >= 4 is 23.3 Å². The highest BCUT2D eigenvalue weighted by molar-refractivity contribution is 6.38. The minimum atomic E-state index is -1.51. The van der Waals surface area contributed by atoms with Crippen LogP contribution in [-0.4, -0.2) is 29.3 Å². The summed E-state index contributed by atoms with van der Waals surface area (Å²) in [5.41, 5.74) is 1.71. The topological polar surface area (TPSA) is 74.7 Å². The Morgan fingerprint density at radius 2 is 2.06 bits per heavy atom. The van der Waals surface area contributed by atoms with Crippen molar-refractivity contribution in [2.75, 3.05) is 11.4 Å². The van der Waals surface area contributed by atoms with Gasteiger partial charge in [-0.3, -0.25) is 9.59 Å². The molecule has 0 unspecified atom stereocenters. The van der Waals surface area contributed by atoms with Crippen LogP contribution in [0.5, 0.6) is 0 Å². The Bertz CT molecular complexity index is 521. The number of fused-ring (bicyclic) bond motifs is 1. The zero-order valence-corrected chi connectivity index (χ0v) is 9.27. The van der Waals surface area contributed by atoms with Crippen molar-refractivity contribution in [1.82, 2.24) is 0 Å². The van der Waals surface area contributed by atoms with Gasteiger partial charge in [0.05, 0.1) is 5.69 Å². The van der Waals surface area contributed by atoms with Crippen molar-refractivity contribution < 1.29 is 19.5 Å². The minimum Gasteiger partial charge on any atom is -0.474 e. The van der Waals surface area contributed by atoms with Gasteiger partial charge in [-0.25, -0.2) is 4.79 Å². The van der Waals surface area contributed by atoms with E-state index >= 15 is 0 Å². The Morgan fingerprint density at radius 1 is 1.35 bits per heavy atom. The molecule has 1 aromatic rings. The van der Waals surface area contributed by atoms with E-state index in [0.717, 1.165) is 10.5 Å². The third-order valence-electron chi connectivity index (χ3n) is 2.73. The molecule has 1 heterocycles. The molecule has 1 aromatic carbocycles. The molecule has 1 amide bonds. The van der Waals surface area contributed by atoms with E-state index in [0.29, 0.717) is 11.3 Å². The van der Waals surface area contributed by atoms with Crippen LogP contribution in [0.1, 0.15) is 22.3 Å². The average Bonchev–Trinajstić information content (AvgIpc) is 2.29. The van der Waals surface area contributed by atoms with E-state index in [9.17, 15) is 14.4 Å². The van der Waals surface area contributed by atoms with E-state index in [1.165, 1.54) is 0 Å². The Morgan fingerprint density at radius 3 is 2.71 bits per heavy atom. The van der Waals surface area contributed by atoms with Crippen LogP contribution in [0.4, 0.5) is 5.69 Å². The molecule has 1 N–H and O–H groups in total. The first kappa shape index (κ1) is 11.3. The highest BCUT2D eigenvalue weighted by Crippen LogP contribution is 2.27. The molecule has 0 aliphatic carbocycles. The highest BCUT2D eigenvalue weighted by Gasteiger charge is 2.30. The number of benzene rings is 1. The number of hydrogen-bond acceptors (Lipinski definition) is 3. The van der Waals surface area contributed by atoms with E-state index in [-0.39, 0.29) is 18.7 Å². The van der Waals surface area contributed by atoms with Gasteiger partial charge in [-0.1, -0.05) is 11.6 Å². The molecule has 2 rings (SSSR count). The third kappa shape index (κ3) is 1.91. The quantitative estimate of drug-likeness (QED) is 0.678. The molecule has 1 aliphatic heterocycles. The standard InChI is InChI=1S/C12H11NO4/c1-7-2-3-9-8(6-7)10(14)4-5-13(9)11(15)12(16)17/h2-3,6H,4-5H2,1H3,(H,16,17). The summed E-state index contributed by atoms with van der Waals surface area (Å²) in [6.07, 6.45) is 0.162. The molecular formula is C12H11NO4. The first-order valence-electron chi connectivity index (χ1n) is 5.19. The first-order valence-corrected chi connectivity index (χ1v) is 5.19. The molecule has 0 saturated carbocycles. The van der Waals surface area contributed by atoms with Crippen LogP contribution in [0.2, 0.25) is 0 Å². The second-order valence-electron chi connectivity index (χ2n) is 3.96. The van der Waals surface area contributed by atoms with Crippen LogP contribution < -0.4 is 4.90 Å². The number of anilines is 1. The molecule has 88 valence electrons. The fourth-order valence-corrected chi connectivity index (χ4v) is 1.90. The highest BCUT2D eigenvalue weighted by atomic mass is 16.4. The maximum atomic E-state index is 11.7. The lowest BCUT2D eigenvalue weighted by molar-refractivity contribution is -0.148. The zero-order chi connectivity index (χ0) is 12.6. The lowest BCUT2D eigenvalue weighted by Gasteiger charge is -2.27. The largest absolute Gasteiger partial charge is 0.474 e. The van der Waals surface area contributed by atoms with Gasteiger partial charge < -0.3 is 10.0 Å². The molecule has 0 spiro atoms. The Hall–Kier alpha value is -2.17. The summed E-state index contributed by atoms with van der Waals surface area (Å²) in [5.74, 6) is -2.56. The number of rotatable bonds is 0. The van der Waals surface area contributed by atoms with Crippen LogP contribution in [0, 0.1) is 6.92 Å². The summed E-state index contributed by atoms with van der Waals surface area (Å²) >= 11 is 0. The molecule has 0 saturated heterocycles. The fraction of sp³-hybridized carbons (Fsp3) is 0.250. The van der Waals surface area contributed by atoms with Gasteiger partial charge in [0.1, 0.15) is 0 Å². The zero-order valence-electron chi connectivity index (χ0n) is 9.27. The van der Waals surface area contributed by atoms with Gasteiger partial charge in [0.15, 0.2) is 5.78 Å². The van der Waals surface area contributed by atoms with Crippen molar-refractivity contribution in [3.63, 3.8) is 0 Å². The van der Waals surface area contributed by atoms with Gasteiger partial charge in [-0.15, -0.1) is 0 Å². The summed E-state index contributed by atoms with van der Waals surface area (Å²) in [6.45, 7) is 1.96. The fourth-order valence-electron chi connectivity index (χ4n) is 1.90. The SMILES string of the molecule is Cc1ccc2c(c1)C(=O)CCN2C(=O)C(=O)O. The Balaban J connectivity index is 2.50. The van der Waals surface area contributed by atoms with E-state index < -0.39 is 11.9 Å². The second-order valence-corrected chi connectivity index (χ2v) is 3.96. The van der Waals surface area contributed by atoms with Crippen molar-refractivity contribution in [2.45, 2.75) is 13.3 Å². The van der Waals surface area contributed by atoms with Gasteiger partial charge >= 0.3 is 11.9 Å². The van der Waals surface area contributed by atoms with Gasteiger partial charge in [0.2, 0.25) is 0 Å². The summed E-state index contributed by atoms with van der Waals surface area (Å²) < 4.78 is 0. The number of ketones is 1. The monoisotopic (exact) mass is 233 g/mol. The molecule has 17 heavy (non-hydrogen) atoms. The molecule has 5 heteroatoms. The number of amides is 1. The van der Waals surface area contributed by atoms with Crippen molar-refractivity contribution in [3.8, 4) is 0 Å². The normalized spacial score (nSPS) is 14.4. The van der Waals surface area contributed by atoms with Crippen molar-refractivity contribution in [1.29, 1.82) is 0 Å². The predicted octanol–water partition coefficient (Wildman–Crippen LogP) is 0.999. The van der Waals surface area contributed by atoms with Crippen molar-refractivity contribution in [3.05, 3.63) is 29.3 Å². The number of carbonyl (C=O) groups excluding carboxylic acids is 2. The number of nitrogens with zero attached hydrogens (tertiary/aromatic N) is 1. The van der Waals surface area contributed by atoms with E-state index in [2.05, 4.69) is 0 Å². The third-order valence-corrected chi connectivity index (χ3v) is 2.73. The molecule has 0 bridgehead atoms. The Kier molecular flexibility index (Phi) is 2.67. The summed E-state index contributed by atoms with van der Waals surface area (Å²) in [7, 11) is 0. The minimum absolute atomic E-state index is 0.0573. The number of carboxylic acids is 1. The van der Waals surface area contributed by atoms with Crippen LogP contribution in [0.15, 0.2) is 18.2 Å². The van der Waals surface area contributed by atoms with Crippen LogP contribution in [0.25, 0.3) is 0 Å². The molecule has 0 fully saturated rings. The Labute approximate surface area is 97.7 Å². The summed E-state index contributed by atoms with van der Waals surface area (Å²) in [5, 5.41) is 8.70. The molecule has 5 nitrogen and oxygen atoms in total. The maximum absolute atomic E-state index is 11.7. The predicted molar refractivity (Wildman–Crippen MR) is 60.1 cm³/mol. The molecule has 0 aromatic heterocycles. The van der Waals surface area contributed by atoms with Gasteiger partial charge in [0.25, 0.3) is 0 Å². The number of carboxylic acid groups (broad SMARTS) is 1. The number of carbonyl (C=O) groups is 3. The lowest BCUT2D eigenvalue weighted by atomic mass is 9.98. The van der Waals surface area contributed by atoms with Crippen LogP contribution in [0.3, 0.4) is 0 Å². The smallest absolute Gasteiger partial charge is 0.394 e. The van der Waals surface area contributed by atoms with Gasteiger partial charge in [-0.2, -0.15) is 0 Å². The second kappa shape index (κ2) is 4.01. The molecule has 0 atom stereocenters. The number of Topliss-reactive ketones (excluding diaryl/α,β-unsaturated/α-hetero) is 1. The summed E-state index contributed by atoms with van der Waals surface area (Å²) in [6, 6.07) is 5.04. The molecule has 0 radical (unpaired) electrons.